The van der Waals surface area contributed by atoms with Gasteiger partial charge in [-0.15, -0.1) is 0 Å². The van der Waals surface area contributed by atoms with Gasteiger partial charge in [-0.1, -0.05) is 47.6 Å². The maximum absolute atomic E-state index is 11.4. The van der Waals surface area contributed by atoms with Crippen LogP contribution < -0.4 is 9.47 Å². The Labute approximate surface area is 284 Å². The fourth-order valence-corrected chi connectivity index (χ4v) is 4.18. The van der Waals surface area contributed by atoms with E-state index < -0.39 is 0 Å². The molecule has 0 unspecified atom stereocenters. The Bertz CT molecular complexity index is 1500. The minimum atomic E-state index is -0.349. The van der Waals surface area contributed by atoms with E-state index in [4.69, 9.17) is 9.47 Å². The zero-order valence-electron chi connectivity index (χ0n) is 26.1. The van der Waals surface area contributed by atoms with E-state index >= 15 is 0 Å². The molecule has 0 bridgehead atoms. The van der Waals surface area contributed by atoms with Crippen molar-refractivity contribution in [1.82, 2.24) is 19.9 Å². The normalized spacial score (nSPS) is 11.2. The van der Waals surface area contributed by atoms with Gasteiger partial charge < -0.3 is 14.2 Å². The molecule has 0 N–H and O–H groups in total. The third-order valence-electron chi connectivity index (χ3n) is 6.63. The Balaban J connectivity index is 0.000000794. The molecule has 0 aliphatic rings. The van der Waals surface area contributed by atoms with Gasteiger partial charge in [-0.25, -0.2) is 14.8 Å². The molecule has 2 atom stereocenters. The fourth-order valence-electron chi connectivity index (χ4n) is 3.92. The van der Waals surface area contributed by atoms with E-state index in [1.54, 1.807) is 12.1 Å². The monoisotopic (exact) mass is 704 g/mol. The number of aromatic nitrogens is 4. The average molecular weight is 706 g/mol. The molecule has 0 saturated heterocycles. The highest BCUT2D eigenvalue weighted by molar-refractivity contribution is 9.10. The Morgan fingerprint density at radius 1 is 0.659 bits per heavy atom. The molecule has 4 aromatic rings. The van der Waals surface area contributed by atoms with E-state index in [-0.39, 0.29) is 52.6 Å². The number of halogens is 1. The van der Waals surface area contributed by atoms with Crippen molar-refractivity contribution in [2.24, 2.45) is 0 Å². The van der Waals surface area contributed by atoms with Crippen molar-refractivity contribution in [1.29, 1.82) is 0 Å². The average Bonchev–Trinajstić information content (AvgIpc) is 2.94. The van der Waals surface area contributed by atoms with Crippen LogP contribution in [0.2, 0.25) is 0 Å². The minimum Gasteiger partial charge on any atom is -0.469 e. The van der Waals surface area contributed by atoms with Crippen molar-refractivity contribution >= 4 is 48.9 Å². The summed E-state index contributed by atoms with van der Waals surface area (Å²) in [7, 11) is 1.37. The molecule has 2 heterocycles. The molecule has 44 heavy (non-hydrogen) atoms. The van der Waals surface area contributed by atoms with Crippen LogP contribution >= 0.6 is 42.9 Å². The van der Waals surface area contributed by atoms with E-state index in [0.717, 1.165) is 43.9 Å². The maximum Gasteiger partial charge on any atom is 0.337 e. The second-order valence-corrected chi connectivity index (χ2v) is 10.7. The molecule has 4 rings (SSSR count). The first-order valence-corrected chi connectivity index (χ1v) is 14.1. The molecular formula is C33H45BrN4O4S2. The number of hydrogen-bond acceptors (Lipinski definition) is 8. The first-order valence-electron chi connectivity index (χ1n) is 13.3. The number of hydrogen-bond donors (Lipinski definition) is 0. The maximum atomic E-state index is 11.4. The van der Waals surface area contributed by atoms with Gasteiger partial charge in [0.25, 0.3) is 0 Å². The van der Waals surface area contributed by atoms with E-state index in [2.05, 4.69) is 40.6 Å². The van der Waals surface area contributed by atoms with Crippen molar-refractivity contribution in [3.63, 3.8) is 0 Å². The summed E-state index contributed by atoms with van der Waals surface area (Å²) in [6.45, 7) is 15.5. The quantitative estimate of drug-likeness (QED) is 0.177. The Kier molecular flexibility index (Phi) is 17.3. The van der Waals surface area contributed by atoms with Gasteiger partial charge in [-0.2, -0.15) is 37.0 Å². The van der Waals surface area contributed by atoms with Crippen LogP contribution in [-0.2, 0) is 4.74 Å². The van der Waals surface area contributed by atoms with Gasteiger partial charge in [0.1, 0.15) is 23.9 Å². The number of rotatable bonds is 7. The summed E-state index contributed by atoms with van der Waals surface area (Å²) in [5.74, 6) is 2.33. The highest BCUT2D eigenvalue weighted by Gasteiger charge is 2.15. The Hall–Kier alpha value is -3.15. The van der Waals surface area contributed by atoms with Gasteiger partial charge in [0.15, 0.2) is 0 Å². The highest BCUT2D eigenvalue weighted by Crippen LogP contribution is 2.26. The first-order chi connectivity index (χ1) is 19.4. The van der Waals surface area contributed by atoms with Gasteiger partial charge in [-0.3, -0.25) is 0 Å². The lowest BCUT2D eigenvalue weighted by Gasteiger charge is -2.17. The number of methoxy groups -OCH3 is 1. The van der Waals surface area contributed by atoms with Gasteiger partial charge >= 0.3 is 5.97 Å². The molecule has 240 valence electrons. The van der Waals surface area contributed by atoms with E-state index in [1.807, 2.05) is 91.8 Å². The molecule has 11 heteroatoms. The SMILES string of the molecule is C.COC(=O)c1ccc([C@H](C)Oc2nc(C)nc(C)c2C)cc1.Cc1nc(C)c(C)c(O[C@@H](C)c2ccc(Br)cc2)n1.S.S. The van der Waals surface area contributed by atoms with Crippen LogP contribution in [-0.4, -0.2) is 33.0 Å². The van der Waals surface area contributed by atoms with Gasteiger partial charge in [-0.05, 0) is 90.8 Å². The summed E-state index contributed by atoms with van der Waals surface area (Å²) < 4.78 is 17.7. The standard InChI is InChI=1S/C17H20N2O3.C15H17BrN2O.CH4.2H2S/c1-10-11(2)18-13(4)19-16(10)22-12(3)14-6-8-15(9-7-14)17(20)21-5;1-9-10(2)17-12(4)18-15(9)19-11(3)13-5-7-14(16)8-6-13;;;/h6-9,12H,1-5H3;5-8,11H,1-4H3;1H4;2*1H2/t12-;11-;;;/m00.../s1. The van der Waals surface area contributed by atoms with Crippen LogP contribution in [0.4, 0.5) is 0 Å². The second-order valence-electron chi connectivity index (χ2n) is 9.76. The van der Waals surface area contributed by atoms with Crippen LogP contribution in [0, 0.1) is 41.5 Å². The van der Waals surface area contributed by atoms with E-state index in [9.17, 15) is 4.79 Å². The van der Waals surface area contributed by atoms with Crippen LogP contribution in [0.25, 0.3) is 0 Å². The fraction of sp³-hybridized carbons (Fsp3) is 0.364. The molecule has 0 aliphatic carbocycles. The lowest BCUT2D eigenvalue weighted by molar-refractivity contribution is 0.0600. The Morgan fingerprint density at radius 2 is 1.02 bits per heavy atom. The van der Waals surface area contributed by atoms with Crippen molar-refractivity contribution in [3.05, 3.63) is 104 Å². The zero-order chi connectivity index (χ0) is 30.3. The molecule has 0 saturated carbocycles. The molecule has 0 fully saturated rings. The van der Waals surface area contributed by atoms with Crippen LogP contribution in [0.1, 0.15) is 89.1 Å². The second kappa shape index (κ2) is 18.6. The molecular weight excluding hydrogens is 660 g/mol. The lowest BCUT2D eigenvalue weighted by Crippen LogP contribution is -2.08. The number of nitrogens with zero attached hydrogens (tertiary/aromatic N) is 4. The van der Waals surface area contributed by atoms with Crippen LogP contribution in [0.5, 0.6) is 11.8 Å². The van der Waals surface area contributed by atoms with Gasteiger partial charge in [0.2, 0.25) is 11.8 Å². The summed E-state index contributed by atoms with van der Waals surface area (Å²) in [6.07, 6.45) is -0.223. The molecule has 0 amide bonds. The van der Waals surface area contributed by atoms with Gasteiger partial charge in [0.05, 0.1) is 12.7 Å². The number of esters is 1. The van der Waals surface area contributed by atoms with Crippen LogP contribution in [0.3, 0.4) is 0 Å². The predicted octanol–water partition coefficient (Wildman–Crippen LogP) is 8.49. The summed E-state index contributed by atoms with van der Waals surface area (Å²) in [4.78, 5) is 28.8. The van der Waals surface area contributed by atoms with Gasteiger partial charge in [0, 0.05) is 27.0 Å². The number of carbonyl (C=O) groups excluding carboxylic acids is 1. The molecule has 2 aromatic heterocycles. The van der Waals surface area contributed by atoms with Crippen molar-refractivity contribution < 1.29 is 19.0 Å². The third-order valence-corrected chi connectivity index (χ3v) is 7.16. The molecule has 0 spiro atoms. The zero-order valence-corrected chi connectivity index (χ0v) is 29.7. The first kappa shape index (κ1) is 40.9. The minimum absolute atomic E-state index is 0. The topological polar surface area (TPSA) is 96.3 Å². The Morgan fingerprint density at radius 3 is 1.39 bits per heavy atom. The summed E-state index contributed by atoms with van der Waals surface area (Å²) in [5.41, 5.74) is 6.40. The third kappa shape index (κ3) is 11.1. The molecule has 8 nitrogen and oxygen atoms in total. The number of aryl methyl sites for hydroxylation is 4. The van der Waals surface area contributed by atoms with Crippen molar-refractivity contribution in [2.45, 2.75) is 75.0 Å². The smallest absolute Gasteiger partial charge is 0.337 e. The summed E-state index contributed by atoms with van der Waals surface area (Å²) in [5, 5.41) is 0. The van der Waals surface area contributed by atoms with Crippen molar-refractivity contribution in [3.8, 4) is 11.8 Å². The van der Waals surface area contributed by atoms with Crippen molar-refractivity contribution in [2.75, 3.05) is 7.11 Å². The van der Waals surface area contributed by atoms with E-state index in [1.165, 1.54) is 7.11 Å². The molecule has 0 aliphatic heterocycles. The molecule has 2 aromatic carbocycles. The predicted molar refractivity (Wildman–Crippen MR) is 190 cm³/mol. The number of benzene rings is 2. The highest BCUT2D eigenvalue weighted by atomic mass is 79.9. The van der Waals surface area contributed by atoms with Crippen LogP contribution in [0.15, 0.2) is 53.0 Å². The largest absolute Gasteiger partial charge is 0.469 e. The summed E-state index contributed by atoms with van der Waals surface area (Å²) >= 11 is 3.43. The number of ether oxygens (including phenoxy) is 3. The van der Waals surface area contributed by atoms with E-state index in [0.29, 0.717) is 23.1 Å². The lowest BCUT2D eigenvalue weighted by atomic mass is 10.1. The number of carbonyl (C=O) groups is 1. The summed E-state index contributed by atoms with van der Waals surface area (Å²) in [6, 6.07) is 15.3. The molecule has 0 radical (unpaired) electrons.